The lowest BCUT2D eigenvalue weighted by molar-refractivity contribution is -0.524. The van der Waals surface area contributed by atoms with E-state index in [2.05, 4.69) is 6.58 Å². The molecular formula is C12H14N2O4. The highest BCUT2D eigenvalue weighted by Crippen LogP contribution is 2.28. The molecule has 2 unspecified atom stereocenters. The molecule has 6 heteroatoms. The molecule has 0 amide bonds. The van der Waals surface area contributed by atoms with Crippen molar-refractivity contribution in [2.24, 2.45) is 5.73 Å². The summed E-state index contributed by atoms with van der Waals surface area (Å²) in [5, 5.41) is 11.1. The number of carbonyl (C=O) groups is 1. The van der Waals surface area contributed by atoms with E-state index in [0.717, 1.165) is 6.08 Å². The van der Waals surface area contributed by atoms with Crippen LogP contribution < -0.4 is 5.73 Å². The van der Waals surface area contributed by atoms with E-state index in [1.165, 1.54) is 24.3 Å². The Morgan fingerprint density at radius 3 is 2.89 bits per heavy atom. The minimum atomic E-state index is -1.47. The minimum absolute atomic E-state index is 0.256. The quantitative estimate of drug-likeness (QED) is 0.265. The highest BCUT2D eigenvalue weighted by Gasteiger charge is 2.46. The molecule has 2 atom stereocenters. The fraction of sp³-hybridized carbons (Fsp3) is 0.250. The number of hydrogen-bond donors (Lipinski definition) is 1. The molecule has 1 aliphatic rings. The van der Waals surface area contributed by atoms with E-state index in [9.17, 15) is 14.9 Å². The maximum atomic E-state index is 11.3. The van der Waals surface area contributed by atoms with Gasteiger partial charge in [-0.3, -0.25) is 10.1 Å². The van der Waals surface area contributed by atoms with Crippen molar-refractivity contribution in [3.8, 4) is 0 Å². The van der Waals surface area contributed by atoms with Crippen molar-refractivity contribution in [1.29, 1.82) is 0 Å². The van der Waals surface area contributed by atoms with Crippen LogP contribution in [0.1, 0.15) is 6.92 Å². The Hall–Kier alpha value is -2.37. The first-order valence-electron chi connectivity index (χ1n) is 5.24. The predicted octanol–water partition coefficient (Wildman–Crippen LogP) is 1.09. The minimum Gasteiger partial charge on any atom is -0.439 e. The van der Waals surface area contributed by atoms with E-state index >= 15 is 0 Å². The summed E-state index contributed by atoms with van der Waals surface area (Å²) in [4.78, 5) is 21.9. The average Bonchev–Trinajstić information content (AvgIpc) is 2.32. The van der Waals surface area contributed by atoms with Gasteiger partial charge in [-0.25, -0.2) is 4.79 Å². The molecule has 0 heterocycles. The average molecular weight is 250 g/mol. The van der Waals surface area contributed by atoms with Gasteiger partial charge in [-0.15, -0.1) is 0 Å². The molecule has 0 aromatic heterocycles. The second-order valence-electron chi connectivity index (χ2n) is 3.71. The van der Waals surface area contributed by atoms with Crippen molar-refractivity contribution in [2.45, 2.75) is 18.6 Å². The summed E-state index contributed by atoms with van der Waals surface area (Å²) in [5.41, 5.74) is 4.32. The number of esters is 1. The molecule has 1 aliphatic carbocycles. The van der Waals surface area contributed by atoms with Gasteiger partial charge in [-0.1, -0.05) is 12.7 Å². The highest BCUT2D eigenvalue weighted by molar-refractivity contribution is 5.82. The van der Waals surface area contributed by atoms with Crippen molar-refractivity contribution in [3.05, 3.63) is 58.8 Å². The van der Waals surface area contributed by atoms with Crippen LogP contribution in [0.5, 0.6) is 0 Å². The standard InChI is InChI=1S/C12H14N2O4/c1-3-6-12(18-11(15)4-2)7-5-9(13)8-10(12)14(16)17/h3-8,10H,2,13H2,1H3. The Kier molecular flexibility index (Phi) is 4.04. The van der Waals surface area contributed by atoms with E-state index in [1.54, 1.807) is 13.0 Å². The van der Waals surface area contributed by atoms with Crippen LogP contribution in [0.25, 0.3) is 0 Å². The van der Waals surface area contributed by atoms with Crippen molar-refractivity contribution < 1.29 is 14.5 Å². The van der Waals surface area contributed by atoms with Gasteiger partial charge in [0.15, 0.2) is 0 Å². The molecule has 0 bridgehead atoms. The summed E-state index contributed by atoms with van der Waals surface area (Å²) < 4.78 is 5.12. The number of nitrogens with zero attached hydrogens (tertiary/aromatic N) is 1. The molecule has 96 valence electrons. The van der Waals surface area contributed by atoms with E-state index < -0.39 is 22.5 Å². The van der Waals surface area contributed by atoms with Crippen LogP contribution in [0.2, 0.25) is 0 Å². The van der Waals surface area contributed by atoms with Gasteiger partial charge in [0.1, 0.15) is 0 Å². The predicted molar refractivity (Wildman–Crippen MR) is 66.0 cm³/mol. The van der Waals surface area contributed by atoms with E-state index in [1.807, 2.05) is 0 Å². The van der Waals surface area contributed by atoms with Gasteiger partial charge in [0.05, 0.1) is 0 Å². The fourth-order valence-electron chi connectivity index (χ4n) is 1.68. The lowest BCUT2D eigenvalue weighted by atomic mass is 9.88. The van der Waals surface area contributed by atoms with E-state index in [-0.39, 0.29) is 5.70 Å². The molecule has 0 aromatic carbocycles. The largest absolute Gasteiger partial charge is 0.439 e. The van der Waals surface area contributed by atoms with E-state index in [0.29, 0.717) is 0 Å². The van der Waals surface area contributed by atoms with Gasteiger partial charge < -0.3 is 10.5 Å². The summed E-state index contributed by atoms with van der Waals surface area (Å²) in [5.74, 6) is -0.738. The maximum Gasteiger partial charge on any atom is 0.331 e. The molecule has 0 saturated carbocycles. The molecule has 0 fully saturated rings. The van der Waals surface area contributed by atoms with Gasteiger partial charge in [-0.2, -0.15) is 0 Å². The summed E-state index contributed by atoms with van der Waals surface area (Å²) >= 11 is 0. The Labute approximate surface area is 104 Å². The molecule has 2 N–H and O–H groups in total. The molecular weight excluding hydrogens is 236 g/mol. The lowest BCUT2D eigenvalue weighted by Gasteiger charge is -2.30. The van der Waals surface area contributed by atoms with Gasteiger partial charge in [-0.05, 0) is 25.2 Å². The first kappa shape index (κ1) is 13.7. The number of carbonyl (C=O) groups excluding carboxylic acids is 1. The zero-order chi connectivity index (χ0) is 13.8. The van der Waals surface area contributed by atoms with Crippen LogP contribution in [0.4, 0.5) is 0 Å². The first-order chi connectivity index (χ1) is 8.45. The van der Waals surface area contributed by atoms with Crippen LogP contribution in [0, 0.1) is 10.1 Å². The Balaban J connectivity index is 3.23. The molecule has 0 aliphatic heterocycles. The second kappa shape index (κ2) is 5.31. The number of hydrogen-bond acceptors (Lipinski definition) is 5. The first-order valence-corrected chi connectivity index (χ1v) is 5.24. The molecule has 0 radical (unpaired) electrons. The molecule has 6 nitrogen and oxygen atoms in total. The topological polar surface area (TPSA) is 95.5 Å². The van der Waals surface area contributed by atoms with Crippen molar-refractivity contribution in [3.63, 3.8) is 0 Å². The van der Waals surface area contributed by atoms with Crippen LogP contribution in [-0.4, -0.2) is 22.5 Å². The molecule has 18 heavy (non-hydrogen) atoms. The number of rotatable bonds is 4. The summed E-state index contributed by atoms with van der Waals surface area (Å²) in [6.07, 6.45) is 8.09. The Morgan fingerprint density at radius 1 is 1.72 bits per heavy atom. The van der Waals surface area contributed by atoms with Crippen molar-refractivity contribution in [1.82, 2.24) is 0 Å². The molecule has 0 spiro atoms. The normalized spacial score (nSPS) is 26.7. The number of allylic oxidation sites excluding steroid dienone is 2. The van der Waals surface area contributed by atoms with Gasteiger partial charge in [0, 0.05) is 22.8 Å². The zero-order valence-electron chi connectivity index (χ0n) is 9.91. The second-order valence-corrected chi connectivity index (χ2v) is 3.71. The fourth-order valence-corrected chi connectivity index (χ4v) is 1.68. The van der Waals surface area contributed by atoms with Crippen molar-refractivity contribution in [2.75, 3.05) is 0 Å². The molecule has 0 aromatic rings. The third kappa shape index (κ3) is 2.65. The van der Waals surface area contributed by atoms with Crippen LogP contribution >= 0.6 is 0 Å². The van der Waals surface area contributed by atoms with Crippen LogP contribution in [-0.2, 0) is 9.53 Å². The van der Waals surface area contributed by atoms with Gasteiger partial charge >= 0.3 is 5.97 Å². The smallest absolute Gasteiger partial charge is 0.331 e. The number of ether oxygens (including phenoxy) is 1. The summed E-state index contributed by atoms with van der Waals surface area (Å²) in [6.45, 7) is 4.95. The van der Waals surface area contributed by atoms with Crippen LogP contribution in [0.15, 0.2) is 48.7 Å². The number of nitro groups is 1. The van der Waals surface area contributed by atoms with E-state index in [4.69, 9.17) is 10.5 Å². The van der Waals surface area contributed by atoms with Crippen molar-refractivity contribution >= 4 is 5.97 Å². The zero-order valence-corrected chi connectivity index (χ0v) is 9.91. The van der Waals surface area contributed by atoms with Gasteiger partial charge in [0.2, 0.25) is 5.60 Å². The number of nitrogens with two attached hydrogens (primary N) is 1. The SMILES string of the molecule is C=CC(=O)OC1(C=CC)C=CC(N)=CC1[N+](=O)[O-]. The Bertz CT molecular complexity index is 465. The van der Waals surface area contributed by atoms with Crippen LogP contribution in [0.3, 0.4) is 0 Å². The lowest BCUT2D eigenvalue weighted by Crippen LogP contribution is -2.48. The maximum absolute atomic E-state index is 11.3. The molecule has 1 rings (SSSR count). The monoisotopic (exact) mass is 250 g/mol. The molecule has 0 saturated heterocycles. The third-order valence-corrected chi connectivity index (χ3v) is 2.45. The summed E-state index contributed by atoms with van der Waals surface area (Å²) in [6, 6.07) is -1.26. The van der Waals surface area contributed by atoms with Gasteiger partial charge in [0.25, 0.3) is 6.04 Å². The Morgan fingerprint density at radius 2 is 2.39 bits per heavy atom. The highest BCUT2D eigenvalue weighted by atomic mass is 16.6. The summed E-state index contributed by atoms with van der Waals surface area (Å²) in [7, 11) is 0. The third-order valence-electron chi connectivity index (χ3n) is 2.45.